The Morgan fingerprint density at radius 3 is 2.61 bits per heavy atom. The maximum absolute atomic E-state index is 13.4. The van der Waals surface area contributed by atoms with E-state index in [0.717, 1.165) is 16.5 Å². The van der Waals surface area contributed by atoms with E-state index in [0.29, 0.717) is 17.6 Å². The van der Waals surface area contributed by atoms with Crippen molar-refractivity contribution < 1.29 is 18.0 Å². The molecule has 0 aliphatic rings. The minimum atomic E-state index is -4.59. The summed E-state index contributed by atoms with van der Waals surface area (Å²) in [5.41, 5.74) is 0.315. The fourth-order valence-corrected chi connectivity index (χ4v) is 3.93. The van der Waals surface area contributed by atoms with Crippen LogP contribution in [-0.2, 0) is 12.7 Å². The number of halogens is 3. The smallest absolute Gasteiger partial charge is 0.333 e. The average Bonchev–Trinajstić information content (AvgIpc) is 3.18. The lowest BCUT2D eigenvalue weighted by Gasteiger charge is -2.24. The summed E-state index contributed by atoms with van der Waals surface area (Å²) in [6, 6.07) is 2.91. The third-order valence-corrected chi connectivity index (χ3v) is 5.30. The standard InChI is InChI=1S/C19H21F3N4OS/c1-11(2)9-25(10-15-12(3)5-6-28-15)18(27)14-8-23-26-16(19(20,21)22)7-13(4)24-17(14)26/h5-8,11H,9-10H2,1-4H3. The number of nitrogens with zero attached hydrogens (tertiary/aromatic N) is 4. The minimum Gasteiger partial charge on any atom is -0.333 e. The number of carbonyl (C=O) groups excluding carboxylic acids is 1. The minimum absolute atomic E-state index is 0.0732. The Hall–Kier alpha value is -2.42. The largest absolute Gasteiger partial charge is 0.433 e. The molecule has 0 fully saturated rings. The number of hydrogen-bond acceptors (Lipinski definition) is 4. The Bertz CT molecular complexity index is 1010. The van der Waals surface area contributed by atoms with Crippen LogP contribution in [0.5, 0.6) is 0 Å². The van der Waals surface area contributed by atoms with Crippen LogP contribution in [0.1, 0.15) is 46.0 Å². The zero-order valence-corrected chi connectivity index (χ0v) is 16.9. The van der Waals surface area contributed by atoms with Crippen molar-refractivity contribution in [3.8, 4) is 0 Å². The van der Waals surface area contributed by atoms with Crippen molar-refractivity contribution in [1.29, 1.82) is 0 Å². The first kappa shape index (κ1) is 20.3. The Kier molecular flexibility index (Phi) is 5.47. The van der Waals surface area contributed by atoms with Gasteiger partial charge in [0, 0.05) is 17.1 Å². The van der Waals surface area contributed by atoms with Crippen molar-refractivity contribution in [3.05, 3.63) is 51.1 Å². The molecule has 0 atom stereocenters. The third-order valence-electron chi connectivity index (χ3n) is 4.30. The summed E-state index contributed by atoms with van der Waals surface area (Å²) in [5.74, 6) is -0.172. The molecule has 0 saturated carbocycles. The van der Waals surface area contributed by atoms with Gasteiger partial charge in [-0.15, -0.1) is 11.3 Å². The van der Waals surface area contributed by atoms with Gasteiger partial charge in [-0.1, -0.05) is 13.8 Å². The zero-order valence-electron chi connectivity index (χ0n) is 16.0. The first-order valence-corrected chi connectivity index (χ1v) is 9.70. The average molecular weight is 410 g/mol. The summed E-state index contributed by atoms with van der Waals surface area (Å²) < 4.78 is 40.8. The van der Waals surface area contributed by atoms with Gasteiger partial charge in [-0.3, -0.25) is 4.79 Å². The molecule has 0 unspecified atom stereocenters. The Labute approximate surface area is 164 Å². The lowest BCUT2D eigenvalue weighted by molar-refractivity contribution is -0.142. The number of rotatable bonds is 5. The SMILES string of the molecule is Cc1cc(C(F)(F)F)n2ncc(C(=O)N(Cc3sccc3C)CC(C)C)c2n1. The maximum Gasteiger partial charge on any atom is 0.433 e. The second-order valence-electron chi connectivity index (χ2n) is 7.18. The fraction of sp³-hybridized carbons (Fsp3) is 0.421. The van der Waals surface area contributed by atoms with Crippen molar-refractivity contribution >= 4 is 22.9 Å². The van der Waals surface area contributed by atoms with E-state index in [1.165, 1.54) is 13.1 Å². The summed E-state index contributed by atoms with van der Waals surface area (Å²) in [4.78, 5) is 20.1. The van der Waals surface area contributed by atoms with E-state index in [-0.39, 0.29) is 28.7 Å². The van der Waals surface area contributed by atoms with Crippen LogP contribution in [0.25, 0.3) is 5.65 Å². The number of amides is 1. The summed E-state index contributed by atoms with van der Waals surface area (Å²) in [7, 11) is 0. The summed E-state index contributed by atoms with van der Waals surface area (Å²) >= 11 is 1.55. The molecule has 0 spiro atoms. The molecule has 5 nitrogen and oxygen atoms in total. The normalized spacial score (nSPS) is 12.1. The summed E-state index contributed by atoms with van der Waals surface area (Å²) in [5, 5.41) is 5.77. The molecule has 3 aromatic heterocycles. The predicted octanol–water partition coefficient (Wildman–Crippen LogP) is 4.72. The Morgan fingerprint density at radius 1 is 1.32 bits per heavy atom. The molecule has 0 aliphatic carbocycles. The van der Waals surface area contributed by atoms with Gasteiger partial charge < -0.3 is 4.90 Å². The van der Waals surface area contributed by atoms with Gasteiger partial charge in [-0.05, 0) is 42.8 Å². The van der Waals surface area contributed by atoms with Crippen molar-refractivity contribution in [2.75, 3.05) is 6.54 Å². The lowest BCUT2D eigenvalue weighted by atomic mass is 10.1. The monoisotopic (exact) mass is 410 g/mol. The molecule has 150 valence electrons. The second kappa shape index (κ2) is 7.54. The molecule has 3 aromatic rings. The van der Waals surface area contributed by atoms with Crippen LogP contribution >= 0.6 is 11.3 Å². The highest BCUT2D eigenvalue weighted by Gasteiger charge is 2.36. The molecule has 0 aromatic carbocycles. The van der Waals surface area contributed by atoms with E-state index in [2.05, 4.69) is 10.1 Å². The number of alkyl halides is 3. The van der Waals surface area contributed by atoms with Gasteiger partial charge in [0.25, 0.3) is 5.91 Å². The molecule has 0 aliphatic heterocycles. The number of aryl methyl sites for hydroxylation is 2. The topological polar surface area (TPSA) is 50.5 Å². The third kappa shape index (κ3) is 4.04. The molecular weight excluding hydrogens is 389 g/mol. The number of aromatic nitrogens is 3. The van der Waals surface area contributed by atoms with Crippen LogP contribution in [0, 0.1) is 19.8 Å². The zero-order chi connectivity index (χ0) is 20.6. The van der Waals surface area contributed by atoms with Crippen LogP contribution in [-0.4, -0.2) is 31.9 Å². The number of hydrogen-bond donors (Lipinski definition) is 0. The maximum atomic E-state index is 13.4. The molecule has 9 heteroatoms. The molecule has 0 bridgehead atoms. The second-order valence-corrected chi connectivity index (χ2v) is 8.18. The molecule has 0 saturated heterocycles. The van der Waals surface area contributed by atoms with Gasteiger partial charge in [-0.25, -0.2) is 9.50 Å². The van der Waals surface area contributed by atoms with Crippen LogP contribution in [0.4, 0.5) is 13.2 Å². The first-order valence-electron chi connectivity index (χ1n) is 8.82. The van der Waals surface area contributed by atoms with Gasteiger partial charge in [0.05, 0.1) is 12.7 Å². The predicted molar refractivity (Wildman–Crippen MR) is 101 cm³/mol. The van der Waals surface area contributed by atoms with Crippen molar-refractivity contribution in [2.24, 2.45) is 5.92 Å². The summed E-state index contributed by atoms with van der Waals surface area (Å²) in [6.45, 7) is 8.29. The first-order chi connectivity index (χ1) is 13.1. The van der Waals surface area contributed by atoms with E-state index in [1.807, 2.05) is 32.2 Å². The van der Waals surface area contributed by atoms with E-state index in [9.17, 15) is 18.0 Å². The van der Waals surface area contributed by atoms with E-state index in [1.54, 1.807) is 16.2 Å². The highest BCUT2D eigenvalue weighted by molar-refractivity contribution is 7.10. The van der Waals surface area contributed by atoms with E-state index in [4.69, 9.17) is 0 Å². The van der Waals surface area contributed by atoms with Gasteiger partial charge in [0.1, 0.15) is 11.3 Å². The molecule has 0 radical (unpaired) electrons. The highest BCUT2D eigenvalue weighted by atomic mass is 32.1. The van der Waals surface area contributed by atoms with Gasteiger partial charge >= 0.3 is 6.18 Å². The van der Waals surface area contributed by atoms with Gasteiger partial charge in [-0.2, -0.15) is 18.3 Å². The number of thiophene rings is 1. The van der Waals surface area contributed by atoms with Crippen LogP contribution in [0.3, 0.4) is 0 Å². The molecule has 3 rings (SSSR count). The van der Waals surface area contributed by atoms with Crippen molar-refractivity contribution in [3.63, 3.8) is 0 Å². The summed E-state index contributed by atoms with van der Waals surface area (Å²) in [6.07, 6.45) is -3.42. The number of carbonyl (C=O) groups is 1. The highest BCUT2D eigenvalue weighted by Crippen LogP contribution is 2.30. The fourth-order valence-electron chi connectivity index (χ4n) is 3.01. The van der Waals surface area contributed by atoms with Crippen LogP contribution < -0.4 is 0 Å². The molecular formula is C19H21F3N4OS. The Balaban J connectivity index is 2.05. The van der Waals surface area contributed by atoms with Crippen molar-refractivity contribution in [1.82, 2.24) is 19.5 Å². The van der Waals surface area contributed by atoms with Crippen molar-refractivity contribution in [2.45, 2.75) is 40.4 Å². The quantitative estimate of drug-likeness (QED) is 0.611. The molecule has 28 heavy (non-hydrogen) atoms. The van der Waals surface area contributed by atoms with Gasteiger partial charge in [0.2, 0.25) is 0 Å². The number of fused-ring (bicyclic) bond motifs is 1. The van der Waals surface area contributed by atoms with Crippen LogP contribution in [0.15, 0.2) is 23.7 Å². The van der Waals surface area contributed by atoms with E-state index >= 15 is 0 Å². The molecule has 0 N–H and O–H groups in total. The van der Waals surface area contributed by atoms with E-state index < -0.39 is 11.9 Å². The lowest BCUT2D eigenvalue weighted by Crippen LogP contribution is -2.33. The van der Waals surface area contributed by atoms with Crippen LogP contribution in [0.2, 0.25) is 0 Å². The Morgan fingerprint density at radius 2 is 2.04 bits per heavy atom. The molecule has 3 heterocycles. The van der Waals surface area contributed by atoms with Gasteiger partial charge in [0.15, 0.2) is 5.65 Å². The molecule has 1 amide bonds.